The fraction of sp³-hybridized carbons (Fsp3) is 0.625. The van der Waals surface area contributed by atoms with Crippen LogP contribution >= 0.6 is 11.6 Å². The van der Waals surface area contributed by atoms with Gasteiger partial charge in [-0.15, -0.1) is 0 Å². The van der Waals surface area contributed by atoms with Crippen molar-refractivity contribution in [2.24, 2.45) is 5.92 Å². The molecule has 19 heavy (non-hydrogen) atoms. The Morgan fingerprint density at radius 3 is 2.42 bits per heavy atom. The molecule has 0 aliphatic carbocycles. The lowest BCUT2D eigenvalue weighted by molar-refractivity contribution is 0.583. The van der Waals surface area contributed by atoms with Crippen LogP contribution in [0.1, 0.15) is 40.2 Å². The highest BCUT2D eigenvalue weighted by Gasteiger charge is 2.14. The third kappa shape index (κ3) is 5.04. The SMILES string of the molecule is CCN(CC(C)C)c1c(Cl)cccc1CNC(C)C. The lowest BCUT2D eigenvalue weighted by atomic mass is 10.1. The highest BCUT2D eigenvalue weighted by atomic mass is 35.5. The second kappa shape index (κ2) is 7.76. The first-order chi connectivity index (χ1) is 8.95. The van der Waals surface area contributed by atoms with Crippen LogP contribution in [0.25, 0.3) is 0 Å². The number of para-hydroxylation sites is 1. The summed E-state index contributed by atoms with van der Waals surface area (Å²) in [7, 11) is 0. The molecule has 0 heterocycles. The lowest BCUT2D eigenvalue weighted by Gasteiger charge is -2.29. The van der Waals surface area contributed by atoms with E-state index in [0.29, 0.717) is 12.0 Å². The van der Waals surface area contributed by atoms with E-state index in [9.17, 15) is 0 Å². The Kier molecular flexibility index (Phi) is 6.67. The van der Waals surface area contributed by atoms with E-state index in [1.807, 2.05) is 12.1 Å². The molecule has 1 rings (SSSR count). The van der Waals surface area contributed by atoms with Gasteiger partial charge in [0.15, 0.2) is 0 Å². The molecular formula is C16H27ClN2. The van der Waals surface area contributed by atoms with Crippen molar-refractivity contribution in [3.8, 4) is 0 Å². The van der Waals surface area contributed by atoms with E-state index in [0.717, 1.165) is 24.7 Å². The Hall–Kier alpha value is -0.730. The van der Waals surface area contributed by atoms with Crippen molar-refractivity contribution in [3.63, 3.8) is 0 Å². The van der Waals surface area contributed by atoms with Gasteiger partial charge in [0.2, 0.25) is 0 Å². The smallest absolute Gasteiger partial charge is 0.0642 e. The third-order valence-electron chi connectivity index (χ3n) is 3.05. The van der Waals surface area contributed by atoms with Gasteiger partial charge in [0.1, 0.15) is 0 Å². The van der Waals surface area contributed by atoms with Crippen molar-refractivity contribution < 1.29 is 0 Å². The number of nitrogens with zero attached hydrogens (tertiary/aromatic N) is 1. The largest absolute Gasteiger partial charge is 0.370 e. The van der Waals surface area contributed by atoms with Gasteiger partial charge in [-0.1, -0.05) is 51.4 Å². The summed E-state index contributed by atoms with van der Waals surface area (Å²) in [4.78, 5) is 2.38. The predicted octanol–water partition coefficient (Wildman–Crippen LogP) is 4.32. The van der Waals surface area contributed by atoms with Crippen molar-refractivity contribution in [2.45, 2.75) is 47.2 Å². The molecule has 0 spiro atoms. The molecule has 0 radical (unpaired) electrons. The van der Waals surface area contributed by atoms with Gasteiger partial charge < -0.3 is 10.2 Å². The fourth-order valence-corrected chi connectivity index (χ4v) is 2.50. The molecular weight excluding hydrogens is 256 g/mol. The van der Waals surface area contributed by atoms with Crippen LogP contribution in [0.5, 0.6) is 0 Å². The quantitative estimate of drug-likeness (QED) is 0.801. The van der Waals surface area contributed by atoms with Crippen LogP contribution in [0, 0.1) is 5.92 Å². The Labute approximate surface area is 123 Å². The molecule has 0 aromatic heterocycles. The van der Waals surface area contributed by atoms with E-state index < -0.39 is 0 Å². The molecule has 0 saturated carbocycles. The lowest BCUT2D eigenvalue weighted by Crippen LogP contribution is -2.30. The zero-order chi connectivity index (χ0) is 14.4. The summed E-state index contributed by atoms with van der Waals surface area (Å²) < 4.78 is 0. The molecule has 0 aliphatic rings. The van der Waals surface area contributed by atoms with Gasteiger partial charge in [0, 0.05) is 25.7 Å². The van der Waals surface area contributed by atoms with E-state index in [1.165, 1.54) is 11.3 Å². The molecule has 0 saturated heterocycles. The van der Waals surface area contributed by atoms with Crippen LogP contribution in [0.3, 0.4) is 0 Å². The number of anilines is 1. The van der Waals surface area contributed by atoms with Gasteiger partial charge in [-0.25, -0.2) is 0 Å². The second-order valence-corrected chi connectivity index (χ2v) is 6.12. The van der Waals surface area contributed by atoms with Crippen LogP contribution in [-0.2, 0) is 6.54 Å². The van der Waals surface area contributed by atoms with Crippen LogP contribution in [0.15, 0.2) is 18.2 Å². The molecule has 0 bridgehead atoms. The van der Waals surface area contributed by atoms with E-state index >= 15 is 0 Å². The Balaban J connectivity index is 3.01. The summed E-state index contributed by atoms with van der Waals surface area (Å²) in [6.07, 6.45) is 0. The summed E-state index contributed by atoms with van der Waals surface area (Å²) in [6, 6.07) is 6.66. The van der Waals surface area contributed by atoms with Crippen molar-refractivity contribution >= 4 is 17.3 Å². The Morgan fingerprint density at radius 1 is 1.21 bits per heavy atom. The van der Waals surface area contributed by atoms with Crippen LogP contribution in [0.2, 0.25) is 5.02 Å². The first-order valence-electron chi connectivity index (χ1n) is 7.21. The molecule has 3 heteroatoms. The average molecular weight is 283 g/mol. The average Bonchev–Trinajstić information content (AvgIpc) is 2.33. The molecule has 1 aromatic carbocycles. The summed E-state index contributed by atoms with van der Waals surface area (Å²) in [5, 5.41) is 4.33. The molecule has 0 fully saturated rings. The maximum Gasteiger partial charge on any atom is 0.0642 e. The fourth-order valence-electron chi connectivity index (χ4n) is 2.19. The van der Waals surface area contributed by atoms with E-state index in [4.69, 9.17) is 11.6 Å². The van der Waals surface area contributed by atoms with Crippen molar-refractivity contribution in [2.75, 3.05) is 18.0 Å². The molecule has 108 valence electrons. The van der Waals surface area contributed by atoms with Gasteiger partial charge in [-0.3, -0.25) is 0 Å². The van der Waals surface area contributed by atoms with Crippen molar-refractivity contribution in [1.29, 1.82) is 0 Å². The highest BCUT2D eigenvalue weighted by Crippen LogP contribution is 2.30. The van der Waals surface area contributed by atoms with Crippen LogP contribution < -0.4 is 10.2 Å². The molecule has 0 unspecified atom stereocenters. The number of hydrogen-bond acceptors (Lipinski definition) is 2. The topological polar surface area (TPSA) is 15.3 Å². The molecule has 0 atom stereocenters. The van der Waals surface area contributed by atoms with Gasteiger partial charge in [0.05, 0.1) is 10.7 Å². The van der Waals surface area contributed by atoms with Gasteiger partial charge >= 0.3 is 0 Å². The second-order valence-electron chi connectivity index (χ2n) is 5.72. The van der Waals surface area contributed by atoms with Gasteiger partial charge in [-0.05, 0) is 24.5 Å². The normalized spacial score (nSPS) is 11.4. The summed E-state index contributed by atoms with van der Waals surface area (Å²) >= 11 is 6.43. The molecule has 1 N–H and O–H groups in total. The third-order valence-corrected chi connectivity index (χ3v) is 3.36. The van der Waals surface area contributed by atoms with Crippen LogP contribution in [0.4, 0.5) is 5.69 Å². The standard InChI is InChI=1S/C16H27ClN2/c1-6-19(11-12(2)3)16-14(10-18-13(4)5)8-7-9-15(16)17/h7-9,12-13,18H,6,10-11H2,1-5H3. The summed E-state index contributed by atoms with van der Waals surface area (Å²) in [5.74, 6) is 0.627. The van der Waals surface area contributed by atoms with Gasteiger partial charge in [0.25, 0.3) is 0 Å². The maximum absolute atomic E-state index is 6.43. The van der Waals surface area contributed by atoms with Gasteiger partial charge in [-0.2, -0.15) is 0 Å². The number of halogens is 1. The number of nitrogens with one attached hydrogen (secondary N) is 1. The molecule has 1 aromatic rings. The molecule has 0 amide bonds. The maximum atomic E-state index is 6.43. The highest BCUT2D eigenvalue weighted by molar-refractivity contribution is 6.33. The minimum atomic E-state index is 0.479. The summed E-state index contributed by atoms with van der Waals surface area (Å²) in [5.41, 5.74) is 2.47. The molecule has 2 nitrogen and oxygen atoms in total. The van der Waals surface area contributed by atoms with Crippen molar-refractivity contribution in [3.05, 3.63) is 28.8 Å². The Morgan fingerprint density at radius 2 is 1.89 bits per heavy atom. The number of hydrogen-bond donors (Lipinski definition) is 1. The van der Waals surface area contributed by atoms with E-state index in [1.54, 1.807) is 0 Å². The predicted molar refractivity (Wildman–Crippen MR) is 86.2 cm³/mol. The van der Waals surface area contributed by atoms with Crippen LogP contribution in [-0.4, -0.2) is 19.1 Å². The monoisotopic (exact) mass is 282 g/mol. The zero-order valence-corrected chi connectivity index (χ0v) is 13.6. The van der Waals surface area contributed by atoms with Crippen molar-refractivity contribution in [1.82, 2.24) is 5.32 Å². The van der Waals surface area contributed by atoms with E-state index in [-0.39, 0.29) is 0 Å². The number of benzene rings is 1. The first kappa shape index (κ1) is 16.3. The Bertz CT molecular complexity index is 388. The first-order valence-corrected chi connectivity index (χ1v) is 7.59. The summed E-state index contributed by atoms with van der Waals surface area (Å²) in [6.45, 7) is 13.9. The minimum Gasteiger partial charge on any atom is -0.370 e. The minimum absolute atomic E-state index is 0.479. The molecule has 0 aliphatic heterocycles. The van der Waals surface area contributed by atoms with E-state index in [2.05, 4.69) is 50.9 Å². The number of rotatable bonds is 7. The zero-order valence-electron chi connectivity index (χ0n) is 12.8.